The first-order chi connectivity index (χ1) is 11.6. The van der Waals surface area contributed by atoms with Gasteiger partial charge in [-0.2, -0.15) is 0 Å². The number of hydrogen-bond donors (Lipinski definition) is 0. The lowest BCUT2D eigenvalue weighted by Crippen LogP contribution is -2.63. The maximum Gasteiger partial charge on any atom is 0.332 e. The van der Waals surface area contributed by atoms with Gasteiger partial charge in [0.05, 0.1) is 5.69 Å². The van der Waals surface area contributed by atoms with Gasteiger partial charge >= 0.3 is 6.03 Å². The molecule has 0 aromatic heterocycles. The number of amides is 3. The maximum absolute atomic E-state index is 13.4. The Hall–Kier alpha value is -2.36. The molecule has 4 fully saturated rings. The third kappa shape index (κ3) is 1.54. The number of nitrogens with zero attached hydrogens (tertiary/aromatic N) is 2. The van der Waals surface area contributed by atoms with Crippen LogP contribution in [0.5, 0.6) is 0 Å². The highest BCUT2D eigenvalue weighted by molar-refractivity contribution is 6.26. The molecule has 2 aromatic carbocycles. The highest BCUT2D eigenvalue weighted by Crippen LogP contribution is 2.51. The molecule has 3 saturated heterocycles. The fourth-order valence-electron chi connectivity index (χ4n) is 5.14. The van der Waals surface area contributed by atoms with Gasteiger partial charge in [-0.3, -0.25) is 4.79 Å². The molecule has 1 saturated carbocycles. The van der Waals surface area contributed by atoms with Gasteiger partial charge in [-0.1, -0.05) is 36.4 Å². The van der Waals surface area contributed by atoms with E-state index in [1.807, 2.05) is 54.3 Å². The van der Waals surface area contributed by atoms with E-state index in [1.165, 1.54) is 4.90 Å². The SMILES string of the molecule is C[C@@]12C(=O)N(c3cccc4ccccc34)C(=O)N1C1CCC2CC1. The lowest BCUT2D eigenvalue weighted by atomic mass is 9.67. The van der Waals surface area contributed by atoms with E-state index in [9.17, 15) is 9.59 Å². The van der Waals surface area contributed by atoms with Crippen LogP contribution in [0.3, 0.4) is 0 Å². The molecule has 0 spiro atoms. The molecular weight excluding hydrogens is 300 g/mol. The third-order valence-electron chi connectivity index (χ3n) is 6.40. The van der Waals surface area contributed by atoms with Crippen LogP contribution in [0.1, 0.15) is 32.6 Å². The second-order valence-corrected chi connectivity index (χ2v) is 7.44. The van der Waals surface area contributed by atoms with Gasteiger partial charge in [0.1, 0.15) is 5.54 Å². The highest BCUT2D eigenvalue weighted by Gasteiger charge is 2.64. The molecule has 1 aliphatic carbocycles. The van der Waals surface area contributed by atoms with Gasteiger partial charge in [0.15, 0.2) is 0 Å². The molecule has 2 aromatic rings. The van der Waals surface area contributed by atoms with Crippen LogP contribution in [0.25, 0.3) is 10.8 Å². The van der Waals surface area contributed by atoms with Crippen molar-refractivity contribution in [2.24, 2.45) is 5.92 Å². The maximum atomic E-state index is 13.4. The molecule has 3 aliphatic heterocycles. The number of rotatable bonds is 1. The number of benzene rings is 2. The molecule has 3 amide bonds. The van der Waals surface area contributed by atoms with E-state index in [0.717, 1.165) is 42.1 Å². The van der Waals surface area contributed by atoms with Gasteiger partial charge in [-0.15, -0.1) is 0 Å². The number of piperidine rings is 2. The molecular formula is C20H20N2O2. The molecule has 24 heavy (non-hydrogen) atoms. The van der Waals surface area contributed by atoms with Crippen molar-refractivity contribution < 1.29 is 9.59 Å². The minimum absolute atomic E-state index is 0.0433. The van der Waals surface area contributed by atoms with Crippen LogP contribution in [-0.2, 0) is 4.79 Å². The first-order valence-electron chi connectivity index (χ1n) is 8.78. The Kier molecular flexibility index (Phi) is 2.68. The van der Waals surface area contributed by atoms with E-state index in [1.54, 1.807) is 0 Å². The Morgan fingerprint density at radius 3 is 2.42 bits per heavy atom. The summed E-state index contributed by atoms with van der Waals surface area (Å²) in [5, 5.41) is 2.01. The van der Waals surface area contributed by atoms with E-state index in [-0.39, 0.29) is 18.0 Å². The van der Waals surface area contributed by atoms with Gasteiger partial charge in [0.25, 0.3) is 5.91 Å². The summed E-state index contributed by atoms with van der Waals surface area (Å²) in [5.74, 6) is 0.247. The van der Waals surface area contributed by atoms with Gasteiger partial charge < -0.3 is 4.90 Å². The van der Waals surface area contributed by atoms with Crippen LogP contribution >= 0.6 is 0 Å². The number of carbonyl (C=O) groups is 2. The fraction of sp³-hybridized carbons (Fsp3) is 0.400. The highest BCUT2D eigenvalue weighted by atomic mass is 16.2. The predicted octanol–water partition coefficient (Wildman–Crippen LogP) is 3.94. The van der Waals surface area contributed by atoms with Crippen LogP contribution in [0.4, 0.5) is 10.5 Å². The van der Waals surface area contributed by atoms with Crippen LogP contribution in [0, 0.1) is 5.92 Å². The van der Waals surface area contributed by atoms with Crippen molar-refractivity contribution in [3.05, 3.63) is 42.5 Å². The van der Waals surface area contributed by atoms with E-state index in [4.69, 9.17) is 0 Å². The standard InChI is InChI=1S/C20H20N2O2/c1-20-14-9-11-15(12-10-14)22(20)19(24)21(18(20)23)17-8-4-6-13-5-2-3-7-16(13)17/h2-8,14-15H,9-12H2,1H3/t14?,15?,20-/m1/s1. The Labute approximate surface area is 141 Å². The van der Waals surface area contributed by atoms with Crippen molar-refractivity contribution in [3.8, 4) is 0 Å². The molecule has 6 rings (SSSR count). The zero-order valence-corrected chi connectivity index (χ0v) is 13.7. The van der Waals surface area contributed by atoms with Crippen molar-refractivity contribution in [2.75, 3.05) is 4.90 Å². The van der Waals surface area contributed by atoms with Gasteiger partial charge in [0.2, 0.25) is 0 Å². The summed E-state index contributed by atoms with van der Waals surface area (Å²) in [6.07, 6.45) is 4.17. The quantitative estimate of drug-likeness (QED) is 0.747. The number of imide groups is 1. The van der Waals surface area contributed by atoms with Gasteiger partial charge in [-0.05, 0) is 50.0 Å². The topological polar surface area (TPSA) is 40.6 Å². The van der Waals surface area contributed by atoms with E-state index in [2.05, 4.69) is 0 Å². The zero-order chi connectivity index (χ0) is 16.5. The number of urea groups is 1. The molecule has 2 bridgehead atoms. The lowest BCUT2D eigenvalue weighted by molar-refractivity contribution is -0.133. The summed E-state index contributed by atoms with van der Waals surface area (Å²) in [6, 6.07) is 13.9. The number of anilines is 1. The monoisotopic (exact) mass is 320 g/mol. The fourth-order valence-corrected chi connectivity index (χ4v) is 5.14. The number of fused-ring (bicyclic) bond motifs is 3. The molecule has 0 N–H and O–H groups in total. The Balaban J connectivity index is 1.70. The molecule has 4 heteroatoms. The van der Waals surface area contributed by atoms with Crippen molar-refractivity contribution in [1.82, 2.24) is 4.90 Å². The largest absolute Gasteiger partial charge is 0.332 e. The number of hydrogen-bond acceptors (Lipinski definition) is 2. The van der Waals surface area contributed by atoms with Crippen LogP contribution < -0.4 is 4.90 Å². The minimum Gasteiger partial charge on any atom is -0.306 e. The Morgan fingerprint density at radius 1 is 0.958 bits per heavy atom. The van der Waals surface area contributed by atoms with E-state index < -0.39 is 5.54 Å². The summed E-state index contributed by atoms with van der Waals surface area (Å²) in [7, 11) is 0. The molecule has 4 aliphatic rings. The van der Waals surface area contributed by atoms with Crippen LogP contribution in [0.15, 0.2) is 42.5 Å². The zero-order valence-electron chi connectivity index (χ0n) is 13.7. The predicted molar refractivity (Wildman–Crippen MR) is 92.8 cm³/mol. The Bertz CT molecular complexity index is 864. The average Bonchev–Trinajstić information content (AvgIpc) is 2.84. The molecule has 4 nitrogen and oxygen atoms in total. The molecule has 0 unspecified atom stereocenters. The Morgan fingerprint density at radius 2 is 1.67 bits per heavy atom. The second kappa shape index (κ2) is 4.59. The normalized spacial score (nSPS) is 31.9. The summed E-state index contributed by atoms with van der Waals surface area (Å²) in [6.45, 7) is 1.98. The summed E-state index contributed by atoms with van der Waals surface area (Å²) < 4.78 is 0. The first-order valence-corrected chi connectivity index (χ1v) is 8.78. The van der Waals surface area contributed by atoms with Crippen molar-refractivity contribution in [2.45, 2.75) is 44.2 Å². The third-order valence-corrected chi connectivity index (χ3v) is 6.40. The van der Waals surface area contributed by atoms with Crippen LogP contribution in [-0.4, -0.2) is 28.4 Å². The minimum atomic E-state index is -0.658. The molecule has 0 radical (unpaired) electrons. The smallest absolute Gasteiger partial charge is 0.306 e. The van der Waals surface area contributed by atoms with Gasteiger partial charge in [0, 0.05) is 11.4 Å². The van der Waals surface area contributed by atoms with Crippen LogP contribution in [0.2, 0.25) is 0 Å². The molecule has 1 atom stereocenters. The van der Waals surface area contributed by atoms with Gasteiger partial charge in [-0.25, -0.2) is 9.69 Å². The average molecular weight is 320 g/mol. The number of carbonyl (C=O) groups excluding carboxylic acids is 2. The van der Waals surface area contributed by atoms with E-state index >= 15 is 0 Å². The lowest BCUT2D eigenvalue weighted by Gasteiger charge is -2.52. The molecule has 122 valence electrons. The first kappa shape index (κ1) is 14.0. The molecule has 3 heterocycles. The van der Waals surface area contributed by atoms with Crippen molar-refractivity contribution >= 4 is 28.4 Å². The van der Waals surface area contributed by atoms with Crippen molar-refractivity contribution in [1.29, 1.82) is 0 Å². The summed E-state index contributed by atoms with van der Waals surface area (Å²) >= 11 is 0. The van der Waals surface area contributed by atoms with E-state index in [0.29, 0.717) is 5.92 Å². The second-order valence-electron chi connectivity index (χ2n) is 7.44. The summed E-state index contributed by atoms with van der Waals surface area (Å²) in [5.41, 5.74) is 0.0629. The summed E-state index contributed by atoms with van der Waals surface area (Å²) in [4.78, 5) is 29.9. The van der Waals surface area contributed by atoms with Crippen molar-refractivity contribution in [3.63, 3.8) is 0 Å².